The summed E-state index contributed by atoms with van der Waals surface area (Å²) in [6.45, 7) is 3.19. The fraction of sp³-hybridized carbons (Fsp3) is 0.143. The highest BCUT2D eigenvalue weighted by molar-refractivity contribution is 6.02. The standard InChI is InChI=1S/C19H16N4.C2H4O2/c1-19(17-8-3-2-7-16(17)18(20)23-19)15-6-4-5-13(9-15)14-10-21-12-22-11-14;1-2(3)4/h2-12H,1H3,(H2,20,23);1H3,(H,3,4). The Bertz CT molecular complexity index is 998. The molecular weight excluding hydrogens is 340 g/mol. The highest BCUT2D eigenvalue weighted by Gasteiger charge is 2.36. The van der Waals surface area contributed by atoms with Gasteiger partial charge in [0.25, 0.3) is 5.97 Å². The van der Waals surface area contributed by atoms with E-state index in [-0.39, 0.29) is 0 Å². The van der Waals surface area contributed by atoms with Crippen molar-refractivity contribution in [3.63, 3.8) is 0 Å². The van der Waals surface area contributed by atoms with E-state index in [0.29, 0.717) is 5.84 Å². The van der Waals surface area contributed by atoms with Crippen molar-refractivity contribution >= 4 is 11.8 Å². The van der Waals surface area contributed by atoms with Gasteiger partial charge < -0.3 is 10.8 Å². The van der Waals surface area contributed by atoms with E-state index in [2.05, 4.69) is 41.2 Å². The van der Waals surface area contributed by atoms with E-state index in [9.17, 15) is 0 Å². The van der Waals surface area contributed by atoms with E-state index < -0.39 is 11.5 Å². The molecule has 0 saturated carbocycles. The lowest BCUT2D eigenvalue weighted by Crippen LogP contribution is -2.18. The molecule has 0 amide bonds. The number of fused-ring (bicyclic) bond motifs is 1. The highest BCUT2D eigenvalue weighted by Crippen LogP contribution is 2.40. The summed E-state index contributed by atoms with van der Waals surface area (Å²) in [6.07, 6.45) is 5.16. The summed E-state index contributed by atoms with van der Waals surface area (Å²) in [5.41, 5.74) is 11.0. The van der Waals surface area contributed by atoms with Crippen molar-refractivity contribution in [3.8, 4) is 11.1 Å². The predicted octanol–water partition coefficient (Wildman–Crippen LogP) is 3.22. The minimum Gasteiger partial charge on any atom is -0.481 e. The summed E-state index contributed by atoms with van der Waals surface area (Å²) < 4.78 is 0. The molecule has 0 bridgehead atoms. The van der Waals surface area contributed by atoms with Crippen LogP contribution in [-0.4, -0.2) is 26.9 Å². The summed E-state index contributed by atoms with van der Waals surface area (Å²) in [7, 11) is 0. The number of carbonyl (C=O) groups is 1. The summed E-state index contributed by atoms with van der Waals surface area (Å²) in [5, 5.41) is 7.42. The van der Waals surface area contributed by atoms with Crippen LogP contribution in [0.1, 0.15) is 30.5 Å². The van der Waals surface area contributed by atoms with Crippen LogP contribution in [0.3, 0.4) is 0 Å². The minimum absolute atomic E-state index is 0.466. The van der Waals surface area contributed by atoms with Crippen molar-refractivity contribution in [2.45, 2.75) is 19.4 Å². The van der Waals surface area contributed by atoms with Gasteiger partial charge in [-0.05, 0) is 29.7 Å². The molecule has 1 atom stereocenters. The smallest absolute Gasteiger partial charge is 0.300 e. The number of carboxylic acids is 1. The third-order valence-electron chi connectivity index (χ3n) is 4.39. The van der Waals surface area contributed by atoms with Gasteiger partial charge in [-0.25, -0.2) is 9.97 Å². The average Bonchev–Trinajstić information content (AvgIpc) is 2.94. The maximum Gasteiger partial charge on any atom is 0.300 e. The van der Waals surface area contributed by atoms with Gasteiger partial charge in [0.2, 0.25) is 0 Å². The monoisotopic (exact) mass is 360 g/mol. The zero-order chi connectivity index (χ0) is 19.4. The van der Waals surface area contributed by atoms with Crippen LogP contribution in [0.25, 0.3) is 11.1 Å². The summed E-state index contributed by atoms with van der Waals surface area (Å²) in [6, 6.07) is 16.5. The molecular formula is C21H20N4O2. The molecule has 1 aliphatic rings. The normalized spacial score (nSPS) is 17.3. The third kappa shape index (κ3) is 3.69. The van der Waals surface area contributed by atoms with Crippen LogP contribution in [0, 0.1) is 0 Å². The molecule has 0 saturated heterocycles. The first-order valence-electron chi connectivity index (χ1n) is 8.42. The molecule has 4 rings (SSSR count). The number of aliphatic carboxylic acids is 1. The molecule has 2 heterocycles. The zero-order valence-corrected chi connectivity index (χ0v) is 15.1. The van der Waals surface area contributed by atoms with Gasteiger partial charge >= 0.3 is 0 Å². The number of aliphatic imine (C=N–C) groups is 1. The second kappa shape index (κ2) is 7.37. The maximum atomic E-state index is 9.00. The Balaban J connectivity index is 0.000000481. The second-order valence-electron chi connectivity index (χ2n) is 6.34. The Morgan fingerprint density at radius 1 is 1.04 bits per heavy atom. The number of hydrogen-bond donors (Lipinski definition) is 2. The average molecular weight is 360 g/mol. The van der Waals surface area contributed by atoms with Crippen molar-refractivity contribution in [2.24, 2.45) is 10.7 Å². The van der Waals surface area contributed by atoms with Crippen LogP contribution >= 0.6 is 0 Å². The van der Waals surface area contributed by atoms with E-state index >= 15 is 0 Å². The Morgan fingerprint density at radius 2 is 1.70 bits per heavy atom. The Labute approximate surface area is 157 Å². The van der Waals surface area contributed by atoms with Crippen LogP contribution in [-0.2, 0) is 10.3 Å². The number of nitrogens with two attached hydrogens (primary N) is 1. The van der Waals surface area contributed by atoms with Gasteiger partial charge in [0.05, 0.1) is 0 Å². The predicted molar refractivity (Wildman–Crippen MR) is 104 cm³/mol. The van der Waals surface area contributed by atoms with Gasteiger partial charge in [-0.15, -0.1) is 0 Å². The molecule has 6 nitrogen and oxygen atoms in total. The lowest BCUT2D eigenvalue weighted by atomic mass is 9.84. The first-order chi connectivity index (χ1) is 12.9. The summed E-state index contributed by atoms with van der Waals surface area (Å²) in [4.78, 5) is 21.9. The molecule has 1 aromatic heterocycles. The quantitative estimate of drug-likeness (QED) is 0.731. The van der Waals surface area contributed by atoms with E-state index in [1.54, 1.807) is 0 Å². The van der Waals surface area contributed by atoms with Crippen molar-refractivity contribution in [1.29, 1.82) is 0 Å². The van der Waals surface area contributed by atoms with E-state index in [1.165, 1.54) is 6.33 Å². The van der Waals surface area contributed by atoms with Gasteiger partial charge in [0.1, 0.15) is 17.7 Å². The van der Waals surface area contributed by atoms with Crippen LogP contribution in [0.2, 0.25) is 0 Å². The Kier molecular flexibility index (Phi) is 4.98. The zero-order valence-electron chi connectivity index (χ0n) is 15.1. The number of aromatic nitrogens is 2. The number of hydrogen-bond acceptors (Lipinski definition) is 5. The van der Waals surface area contributed by atoms with Crippen molar-refractivity contribution < 1.29 is 9.90 Å². The van der Waals surface area contributed by atoms with Gasteiger partial charge in [-0.3, -0.25) is 9.79 Å². The Morgan fingerprint density at radius 3 is 2.41 bits per heavy atom. The number of amidine groups is 1. The van der Waals surface area contributed by atoms with Crippen LogP contribution < -0.4 is 5.73 Å². The number of carboxylic acid groups (broad SMARTS) is 1. The van der Waals surface area contributed by atoms with Gasteiger partial charge in [-0.1, -0.05) is 42.5 Å². The molecule has 0 radical (unpaired) electrons. The van der Waals surface area contributed by atoms with Crippen LogP contribution in [0.15, 0.2) is 72.2 Å². The molecule has 6 heteroatoms. The van der Waals surface area contributed by atoms with Gasteiger partial charge in [0.15, 0.2) is 0 Å². The van der Waals surface area contributed by atoms with Crippen molar-refractivity contribution in [2.75, 3.05) is 0 Å². The van der Waals surface area contributed by atoms with Crippen molar-refractivity contribution in [3.05, 3.63) is 83.9 Å². The molecule has 0 spiro atoms. The van der Waals surface area contributed by atoms with Gasteiger partial charge in [-0.2, -0.15) is 0 Å². The lowest BCUT2D eigenvalue weighted by Gasteiger charge is -2.23. The Hall–Kier alpha value is -3.54. The van der Waals surface area contributed by atoms with Crippen LogP contribution in [0.5, 0.6) is 0 Å². The van der Waals surface area contributed by atoms with E-state index in [0.717, 1.165) is 34.7 Å². The molecule has 136 valence electrons. The topological polar surface area (TPSA) is 101 Å². The maximum absolute atomic E-state index is 9.00. The second-order valence-corrected chi connectivity index (χ2v) is 6.34. The number of nitrogens with zero attached hydrogens (tertiary/aromatic N) is 3. The molecule has 0 aliphatic carbocycles. The van der Waals surface area contributed by atoms with E-state index in [1.807, 2.05) is 36.7 Å². The molecule has 27 heavy (non-hydrogen) atoms. The minimum atomic E-state index is -0.833. The van der Waals surface area contributed by atoms with Crippen molar-refractivity contribution in [1.82, 2.24) is 9.97 Å². The van der Waals surface area contributed by atoms with E-state index in [4.69, 9.17) is 20.6 Å². The summed E-state index contributed by atoms with van der Waals surface area (Å²) >= 11 is 0. The first-order valence-corrected chi connectivity index (χ1v) is 8.42. The SMILES string of the molecule is CC(=O)O.CC1(c2cccc(-c3cncnc3)c2)N=C(N)c2ccccc21. The molecule has 1 unspecified atom stereocenters. The fourth-order valence-electron chi connectivity index (χ4n) is 3.16. The molecule has 3 N–H and O–H groups in total. The summed E-state index contributed by atoms with van der Waals surface area (Å²) in [5.74, 6) is -0.239. The molecule has 0 fully saturated rings. The van der Waals surface area contributed by atoms with Crippen LogP contribution in [0.4, 0.5) is 0 Å². The molecule has 3 aromatic rings. The fourth-order valence-corrected chi connectivity index (χ4v) is 3.16. The first kappa shape index (κ1) is 18.3. The van der Waals surface area contributed by atoms with Gasteiger partial charge in [0, 0.05) is 30.4 Å². The number of rotatable bonds is 2. The lowest BCUT2D eigenvalue weighted by molar-refractivity contribution is -0.134. The third-order valence-corrected chi connectivity index (χ3v) is 4.39. The highest BCUT2D eigenvalue weighted by atomic mass is 16.4. The molecule has 2 aromatic carbocycles. The number of benzene rings is 2. The molecule has 1 aliphatic heterocycles. The largest absolute Gasteiger partial charge is 0.481 e.